The standard InChI is InChI=1S/C19H27N3O3/c23-18(21-16-7-2-1-3-8-16)9-10-20-19(24)17-14-25-12-11-22(17)13-15-5-4-6-15/h1-3,7-8,15,17H,4-6,9-14H2,(H,20,24)(H,21,23)/t17-/m1/s1. The zero-order valence-corrected chi connectivity index (χ0v) is 14.6. The van der Waals surface area contributed by atoms with Gasteiger partial charge < -0.3 is 15.4 Å². The van der Waals surface area contributed by atoms with Crippen molar-refractivity contribution in [2.24, 2.45) is 5.92 Å². The molecule has 1 aromatic carbocycles. The number of hydrogen-bond acceptors (Lipinski definition) is 4. The highest BCUT2D eigenvalue weighted by molar-refractivity contribution is 5.91. The summed E-state index contributed by atoms with van der Waals surface area (Å²) < 4.78 is 5.49. The van der Waals surface area contributed by atoms with Crippen LogP contribution >= 0.6 is 0 Å². The Morgan fingerprint density at radius 3 is 2.72 bits per heavy atom. The van der Waals surface area contributed by atoms with Crippen molar-refractivity contribution in [3.63, 3.8) is 0 Å². The van der Waals surface area contributed by atoms with E-state index in [1.54, 1.807) is 0 Å². The topological polar surface area (TPSA) is 70.7 Å². The zero-order chi connectivity index (χ0) is 17.5. The lowest BCUT2D eigenvalue weighted by Gasteiger charge is -2.39. The fourth-order valence-electron chi connectivity index (χ4n) is 3.27. The molecule has 25 heavy (non-hydrogen) atoms. The molecular weight excluding hydrogens is 318 g/mol. The van der Waals surface area contributed by atoms with Gasteiger partial charge in [-0.05, 0) is 30.9 Å². The number of benzene rings is 1. The summed E-state index contributed by atoms with van der Waals surface area (Å²) in [6.45, 7) is 3.26. The Hall–Kier alpha value is -1.92. The van der Waals surface area contributed by atoms with Crippen LogP contribution in [0.15, 0.2) is 30.3 Å². The molecule has 0 spiro atoms. The first-order chi connectivity index (χ1) is 12.2. The number of nitrogens with zero attached hydrogens (tertiary/aromatic N) is 1. The molecule has 0 aromatic heterocycles. The van der Waals surface area contributed by atoms with E-state index in [9.17, 15) is 9.59 Å². The molecule has 1 saturated carbocycles. The Kier molecular flexibility index (Phi) is 6.42. The molecule has 136 valence electrons. The molecule has 0 radical (unpaired) electrons. The van der Waals surface area contributed by atoms with Gasteiger partial charge in [0.05, 0.1) is 13.2 Å². The number of amides is 2. The zero-order valence-electron chi connectivity index (χ0n) is 14.6. The number of rotatable bonds is 7. The Morgan fingerprint density at radius 2 is 2.00 bits per heavy atom. The van der Waals surface area contributed by atoms with Crippen LogP contribution in [0.4, 0.5) is 5.69 Å². The highest BCUT2D eigenvalue weighted by Gasteiger charge is 2.32. The maximum Gasteiger partial charge on any atom is 0.239 e. The second kappa shape index (κ2) is 8.97. The summed E-state index contributed by atoms with van der Waals surface area (Å²) in [6, 6.07) is 9.10. The van der Waals surface area contributed by atoms with Crippen molar-refractivity contribution in [1.29, 1.82) is 0 Å². The van der Waals surface area contributed by atoms with Crippen molar-refractivity contribution in [1.82, 2.24) is 10.2 Å². The predicted molar refractivity (Wildman–Crippen MR) is 96.2 cm³/mol. The molecular formula is C19H27N3O3. The first kappa shape index (κ1) is 17.9. The highest BCUT2D eigenvalue weighted by Crippen LogP contribution is 2.28. The Morgan fingerprint density at radius 1 is 1.20 bits per heavy atom. The summed E-state index contributed by atoms with van der Waals surface area (Å²) in [6.07, 6.45) is 4.11. The van der Waals surface area contributed by atoms with Crippen LogP contribution in [-0.4, -0.2) is 55.6 Å². The third-order valence-electron chi connectivity index (χ3n) is 4.97. The molecule has 6 heteroatoms. The summed E-state index contributed by atoms with van der Waals surface area (Å²) in [5, 5.41) is 5.71. The van der Waals surface area contributed by atoms with E-state index in [1.807, 2.05) is 30.3 Å². The fraction of sp³-hybridized carbons (Fsp3) is 0.579. The van der Waals surface area contributed by atoms with Crippen molar-refractivity contribution >= 4 is 17.5 Å². The van der Waals surface area contributed by atoms with Gasteiger partial charge in [-0.15, -0.1) is 0 Å². The Labute approximate surface area is 148 Å². The van der Waals surface area contributed by atoms with Crippen LogP contribution < -0.4 is 10.6 Å². The van der Waals surface area contributed by atoms with E-state index in [-0.39, 0.29) is 24.3 Å². The molecule has 1 aliphatic heterocycles. The van der Waals surface area contributed by atoms with E-state index in [4.69, 9.17) is 4.74 Å². The largest absolute Gasteiger partial charge is 0.378 e. The van der Waals surface area contributed by atoms with E-state index < -0.39 is 0 Å². The molecule has 1 aliphatic carbocycles. The number of carbonyl (C=O) groups is 2. The lowest BCUT2D eigenvalue weighted by atomic mass is 9.84. The van der Waals surface area contributed by atoms with Gasteiger partial charge in [0, 0.05) is 31.7 Å². The minimum absolute atomic E-state index is 0.0356. The van der Waals surface area contributed by atoms with E-state index in [0.717, 1.165) is 24.7 Å². The van der Waals surface area contributed by atoms with Gasteiger partial charge >= 0.3 is 0 Å². The van der Waals surface area contributed by atoms with Crippen molar-refractivity contribution in [3.05, 3.63) is 30.3 Å². The fourth-order valence-corrected chi connectivity index (χ4v) is 3.27. The van der Waals surface area contributed by atoms with Gasteiger partial charge in [-0.2, -0.15) is 0 Å². The van der Waals surface area contributed by atoms with Gasteiger partial charge in [-0.1, -0.05) is 24.6 Å². The minimum Gasteiger partial charge on any atom is -0.378 e. The van der Waals surface area contributed by atoms with E-state index in [1.165, 1.54) is 19.3 Å². The number of morpholine rings is 1. The lowest BCUT2D eigenvalue weighted by molar-refractivity contribution is -0.133. The van der Waals surface area contributed by atoms with Gasteiger partial charge in [0.1, 0.15) is 6.04 Å². The van der Waals surface area contributed by atoms with Crippen LogP contribution in [0.5, 0.6) is 0 Å². The molecule has 2 N–H and O–H groups in total. The number of carbonyl (C=O) groups excluding carboxylic acids is 2. The van der Waals surface area contributed by atoms with Crippen LogP contribution in [0.25, 0.3) is 0 Å². The van der Waals surface area contributed by atoms with Crippen LogP contribution in [0, 0.1) is 5.92 Å². The molecule has 2 aliphatic rings. The van der Waals surface area contributed by atoms with Gasteiger partial charge in [0.2, 0.25) is 11.8 Å². The summed E-state index contributed by atoms with van der Waals surface area (Å²) in [4.78, 5) is 26.6. The first-order valence-electron chi connectivity index (χ1n) is 9.17. The Bertz CT molecular complexity index is 575. The molecule has 0 unspecified atom stereocenters. The molecule has 1 aromatic rings. The third kappa shape index (κ3) is 5.28. The van der Waals surface area contributed by atoms with Crippen molar-refractivity contribution in [2.45, 2.75) is 31.7 Å². The maximum absolute atomic E-state index is 12.5. The van der Waals surface area contributed by atoms with Gasteiger partial charge in [0.25, 0.3) is 0 Å². The number of ether oxygens (including phenoxy) is 1. The number of hydrogen-bond donors (Lipinski definition) is 2. The number of nitrogens with one attached hydrogen (secondary N) is 2. The van der Waals surface area contributed by atoms with Gasteiger partial charge in [0.15, 0.2) is 0 Å². The SMILES string of the molecule is O=C(CCNC(=O)[C@H]1COCCN1CC1CCC1)Nc1ccccc1. The Balaban J connectivity index is 1.40. The quantitative estimate of drug-likeness (QED) is 0.788. The average molecular weight is 345 g/mol. The van der Waals surface area contributed by atoms with Gasteiger partial charge in [-0.25, -0.2) is 0 Å². The first-order valence-corrected chi connectivity index (χ1v) is 9.17. The lowest BCUT2D eigenvalue weighted by Crippen LogP contribution is -2.55. The van der Waals surface area contributed by atoms with Crippen molar-refractivity contribution < 1.29 is 14.3 Å². The molecule has 1 heterocycles. The molecule has 2 fully saturated rings. The molecule has 6 nitrogen and oxygen atoms in total. The monoisotopic (exact) mass is 345 g/mol. The van der Waals surface area contributed by atoms with Crippen molar-refractivity contribution in [2.75, 3.05) is 38.2 Å². The summed E-state index contributed by atoms with van der Waals surface area (Å²) in [5.41, 5.74) is 0.770. The van der Waals surface area contributed by atoms with Crippen LogP contribution in [-0.2, 0) is 14.3 Å². The summed E-state index contributed by atoms with van der Waals surface area (Å²) in [7, 11) is 0. The molecule has 1 saturated heterocycles. The van der Waals surface area contributed by atoms with Crippen molar-refractivity contribution in [3.8, 4) is 0 Å². The van der Waals surface area contributed by atoms with E-state index in [2.05, 4.69) is 15.5 Å². The minimum atomic E-state index is -0.230. The smallest absolute Gasteiger partial charge is 0.239 e. The second-order valence-corrected chi connectivity index (χ2v) is 6.84. The molecule has 1 atom stereocenters. The highest BCUT2D eigenvalue weighted by atomic mass is 16.5. The molecule has 0 bridgehead atoms. The average Bonchev–Trinajstić information content (AvgIpc) is 2.59. The predicted octanol–water partition coefficient (Wildman–Crippen LogP) is 1.63. The normalized spacial score (nSPS) is 21.4. The number of anilines is 1. The number of para-hydroxylation sites is 1. The van der Waals surface area contributed by atoms with Gasteiger partial charge in [-0.3, -0.25) is 14.5 Å². The second-order valence-electron chi connectivity index (χ2n) is 6.84. The third-order valence-corrected chi connectivity index (χ3v) is 4.97. The van der Waals surface area contributed by atoms with E-state index in [0.29, 0.717) is 19.8 Å². The summed E-state index contributed by atoms with van der Waals surface area (Å²) >= 11 is 0. The van der Waals surface area contributed by atoms with E-state index >= 15 is 0 Å². The maximum atomic E-state index is 12.5. The van der Waals surface area contributed by atoms with Crippen LogP contribution in [0.1, 0.15) is 25.7 Å². The molecule has 3 rings (SSSR count). The van der Waals surface area contributed by atoms with Crippen LogP contribution in [0.3, 0.4) is 0 Å². The molecule has 2 amide bonds. The summed E-state index contributed by atoms with van der Waals surface area (Å²) in [5.74, 6) is 0.592. The van der Waals surface area contributed by atoms with Crippen LogP contribution in [0.2, 0.25) is 0 Å².